The third-order valence-electron chi connectivity index (χ3n) is 3.52. The number of rotatable bonds is 3. The lowest BCUT2D eigenvalue weighted by Gasteiger charge is -2.17. The van der Waals surface area contributed by atoms with Gasteiger partial charge in [-0.15, -0.1) is 0 Å². The summed E-state index contributed by atoms with van der Waals surface area (Å²) in [5.74, 6) is -0.532. The second-order valence-corrected chi connectivity index (χ2v) is 4.97. The van der Waals surface area contributed by atoms with Gasteiger partial charge in [0.25, 0.3) is 11.8 Å². The van der Waals surface area contributed by atoms with E-state index in [0.29, 0.717) is 16.8 Å². The summed E-state index contributed by atoms with van der Waals surface area (Å²) in [5, 5.41) is 15.3. The van der Waals surface area contributed by atoms with Gasteiger partial charge in [0, 0.05) is 11.3 Å². The molecule has 5 heteroatoms. The lowest BCUT2D eigenvalue weighted by molar-refractivity contribution is 0.0879. The van der Waals surface area contributed by atoms with Crippen molar-refractivity contribution in [1.82, 2.24) is 5.32 Å². The summed E-state index contributed by atoms with van der Waals surface area (Å²) >= 11 is 0. The van der Waals surface area contributed by atoms with Crippen molar-refractivity contribution in [3.63, 3.8) is 0 Å². The summed E-state index contributed by atoms with van der Waals surface area (Å²) in [6, 6.07) is 11.9. The van der Waals surface area contributed by atoms with Crippen molar-refractivity contribution in [1.29, 1.82) is 0 Å². The van der Waals surface area contributed by atoms with Crippen LogP contribution in [0.25, 0.3) is 0 Å². The maximum atomic E-state index is 11.6. The molecule has 0 saturated heterocycles. The van der Waals surface area contributed by atoms with Crippen LogP contribution in [0.3, 0.4) is 0 Å². The number of imide groups is 1. The molecule has 2 aromatic carbocycles. The average Bonchev–Trinajstić information content (AvgIpc) is 2.74. The fraction of sp³-hybridized carbons (Fsp3) is 0.125. The predicted molar refractivity (Wildman–Crippen MR) is 78.4 cm³/mol. The van der Waals surface area contributed by atoms with Crippen molar-refractivity contribution in [2.24, 2.45) is 0 Å². The first kappa shape index (κ1) is 13.2. The highest BCUT2D eigenvalue weighted by Crippen LogP contribution is 2.28. The molecule has 1 aliphatic rings. The molecule has 2 aromatic rings. The number of aromatic hydroxyl groups is 1. The SMILES string of the molecule is CC(Nc1ccc2c(c1)C(=O)NC2=O)c1ccccc1O. The van der Waals surface area contributed by atoms with Crippen molar-refractivity contribution >= 4 is 17.5 Å². The van der Waals surface area contributed by atoms with Crippen LogP contribution in [0.1, 0.15) is 39.2 Å². The van der Waals surface area contributed by atoms with Crippen LogP contribution in [0.4, 0.5) is 5.69 Å². The Morgan fingerprint density at radius 3 is 2.52 bits per heavy atom. The monoisotopic (exact) mass is 282 g/mol. The number of phenolic OH excluding ortho intramolecular Hbond substituents is 1. The molecule has 0 saturated carbocycles. The number of phenols is 1. The maximum absolute atomic E-state index is 11.6. The van der Waals surface area contributed by atoms with Gasteiger partial charge in [-0.3, -0.25) is 14.9 Å². The number of carbonyl (C=O) groups excluding carboxylic acids is 2. The zero-order valence-electron chi connectivity index (χ0n) is 11.4. The topological polar surface area (TPSA) is 78.4 Å². The van der Waals surface area contributed by atoms with Crippen molar-refractivity contribution in [3.05, 3.63) is 59.2 Å². The molecule has 1 unspecified atom stereocenters. The molecule has 0 spiro atoms. The van der Waals surface area contributed by atoms with Crippen LogP contribution in [0.15, 0.2) is 42.5 Å². The largest absolute Gasteiger partial charge is 0.508 e. The van der Waals surface area contributed by atoms with E-state index in [0.717, 1.165) is 5.56 Å². The fourth-order valence-electron chi connectivity index (χ4n) is 2.44. The number of hydrogen-bond donors (Lipinski definition) is 3. The number of hydrogen-bond acceptors (Lipinski definition) is 4. The van der Waals surface area contributed by atoms with Gasteiger partial charge in [0.2, 0.25) is 0 Å². The number of fused-ring (bicyclic) bond motifs is 1. The van der Waals surface area contributed by atoms with Crippen LogP contribution >= 0.6 is 0 Å². The van der Waals surface area contributed by atoms with Gasteiger partial charge in [-0.1, -0.05) is 18.2 Å². The van der Waals surface area contributed by atoms with E-state index in [1.54, 1.807) is 30.3 Å². The lowest BCUT2D eigenvalue weighted by atomic mass is 10.1. The number of nitrogens with one attached hydrogen (secondary N) is 2. The van der Waals surface area contributed by atoms with Crippen LogP contribution in [-0.2, 0) is 0 Å². The number of anilines is 1. The summed E-state index contributed by atoms with van der Waals surface area (Å²) in [7, 11) is 0. The van der Waals surface area contributed by atoms with E-state index in [4.69, 9.17) is 0 Å². The summed E-state index contributed by atoms with van der Waals surface area (Å²) < 4.78 is 0. The Hall–Kier alpha value is -2.82. The number of carbonyl (C=O) groups is 2. The Labute approximate surface area is 121 Å². The van der Waals surface area contributed by atoms with E-state index in [-0.39, 0.29) is 23.6 Å². The first-order chi connectivity index (χ1) is 10.1. The molecular formula is C16H14N2O3. The number of benzene rings is 2. The van der Waals surface area contributed by atoms with E-state index in [1.807, 2.05) is 19.1 Å². The van der Waals surface area contributed by atoms with Gasteiger partial charge in [-0.05, 0) is 31.2 Å². The minimum absolute atomic E-state index is 0.135. The Morgan fingerprint density at radius 1 is 1.05 bits per heavy atom. The molecule has 1 heterocycles. The molecule has 1 atom stereocenters. The van der Waals surface area contributed by atoms with Crippen molar-refractivity contribution < 1.29 is 14.7 Å². The van der Waals surface area contributed by atoms with Gasteiger partial charge >= 0.3 is 0 Å². The predicted octanol–water partition coefficient (Wildman–Crippen LogP) is 2.45. The van der Waals surface area contributed by atoms with E-state index >= 15 is 0 Å². The zero-order chi connectivity index (χ0) is 15.0. The van der Waals surface area contributed by atoms with E-state index in [1.165, 1.54) is 0 Å². The van der Waals surface area contributed by atoms with Crippen LogP contribution in [0, 0.1) is 0 Å². The standard InChI is InChI=1S/C16H14N2O3/c1-9(11-4-2-3-5-14(11)19)17-10-6-7-12-13(8-10)16(21)18-15(12)20/h2-9,17,19H,1H3,(H,18,20,21). The van der Waals surface area contributed by atoms with Crippen LogP contribution in [0.5, 0.6) is 5.75 Å². The second kappa shape index (κ2) is 4.94. The molecular weight excluding hydrogens is 268 g/mol. The lowest BCUT2D eigenvalue weighted by Crippen LogP contribution is -2.19. The molecule has 0 bridgehead atoms. The highest BCUT2D eigenvalue weighted by Gasteiger charge is 2.26. The van der Waals surface area contributed by atoms with Crippen molar-refractivity contribution in [2.75, 3.05) is 5.32 Å². The fourth-order valence-corrected chi connectivity index (χ4v) is 2.44. The molecule has 3 N–H and O–H groups in total. The minimum atomic E-state index is -0.381. The van der Waals surface area contributed by atoms with Gasteiger partial charge in [-0.25, -0.2) is 0 Å². The number of amides is 2. The second-order valence-electron chi connectivity index (χ2n) is 4.97. The Kier molecular flexibility index (Phi) is 3.10. The maximum Gasteiger partial charge on any atom is 0.259 e. The molecule has 2 amide bonds. The Bertz CT molecular complexity index is 740. The van der Waals surface area contributed by atoms with Crippen molar-refractivity contribution in [3.8, 4) is 5.75 Å². The van der Waals surface area contributed by atoms with Crippen molar-refractivity contribution in [2.45, 2.75) is 13.0 Å². The molecule has 0 aromatic heterocycles. The van der Waals surface area contributed by atoms with Crippen LogP contribution in [0.2, 0.25) is 0 Å². The van der Waals surface area contributed by atoms with E-state index in [2.05, 4.69) is 10.6 Å². The third-order valence-corrected chi connectivity index (χ3v) is 3.52. The first-order valence-corrected chi connectivity index (χ1v) is 6.60. The summed E-state index contributed by atoms with van der Waals surface area (Å²) in [5.41, 5.74) is 2.24. The summed E-state index contributed by atoms with van der Waals surface area (Å²) in [6.07, 6.45) is 0. The van der Waals surface area contributed by atoms with Crippen LogP contribution < -0.4 is 10.6 Å². The van der Waals surface area contributed by atoms with Gasteiger partial charge in [0.15, 0.2) is 0 Å². The van der Waals surface area contributed by atoms with E-state index < -0.39 is 0 Å². The molecule has 106 valence electrons. The molecule has 1 aliphatic heterocycles. The van der Waals surface area contributed by atoms with Gasteiger partial charge < -0.3 is 10.4 Å². The number of para-hydroxylation sites is 1. The van der Waals surface area contributed by atoms with Crippen LogP contribution in [-0.4, -0.2) is 16.9 Å². The molecule has 21 heavy (non-hydrogen) atoms. The average molecular weight is 282 g/mol. The molecule has 0 fully saturated rings. The highest BCUT2D eigenvalue weighted by atomic mass is 16.3. The molecule has 0 radical (unpaired) electrons. The summed E-state index contributed by atoms with van der Waals surface area (Å²) in [4.78, 5) is 23.1. The normalized spacial score (nSPS) is 14.5. The van der Waals surface area contributed by atoms with Gasteiger partial charge in [-0.2, -0.15) is 0 Å². The minimum Gasteiger partial charge on any atom is -0.508 e. The zero-order valence-corrected chi connectivity index (χ0v) is 11.4. The molecule has 0 aliphatic carbocycles. The third kappa shape index (κ3) is 2.33. The van der Waals surface area contributed by atoms with E-state index in [9.17, 15) is 14.7 Å². The van der Waals surface area contributed by atoms with Gasteiger partial charge in [0.1, 0.15) is 5.75 Å². The Morgan fingerprint density at radius 2 is 1.76 bits per heavy atom. The Balaban J connectivity index is 1.86. The quantitative estimate of drug-likeness (QED) is 0.756. The molecule has 5 nitrogen and oxygen atoms in total. The highest BCUT2D eigenvalue weighted by molar-refractivity contribution is 6.21. The first-order valence-electron chi connectivity index (χ1n) is 6.60. The summed E-state index contributed by atoms with van der Waals surface area (Å²) in [6.45, 7) is 1.91. The molecule has 3 rings (SSSR count). The smallest absolute Gasteiger partial charge is 0.259 e. The van der Waals surface area contributed by atoms with Gasteiger partial charge in [0.05, 0.1) is 17.2 Å².